The maximum atomic E-state index is 13.8. The number of hydrogen-bond acceptors (Lipinski definition) is 5. The van der Waals surface area contributed by atoms with Crippen LogP contribution < -0.4 is 14.5 Å². The minimum Gasteiger partial charge on any atom is -0.494 e. The van der Waals surface area contributed by atoms with Gasteiger partial charge in [0.2, 0.25) is 5.91 Å². The van der Waals surface area contributed by atoms with E-state index in [1.807, 2.05) is 72.5 Å². The zero-order valence-electron chi connectivity index (χ0n) is 23.1. The van der Waals surface area contributed by atoms with Crippen LogP contribution in [-0.4, -0.2) is 62.2 Å². The molecule has 2 heterocycles. The molecule has 0 spiro atoms. The van der Waals surface area contributed by atoms with Crippen molar-refractivity contribution >= 4 is 34.8 Å². The number of anilines is 2. The molecule has 210 valence electrons. The number of para-hydroxylation sites is 1. The number of hydrogen-bond donors (Lipinski definition) is 0. The average molecular weight is 562 g/mol. The lowest BCUT2D eigenvalue weighted by Crippen LogP contribution is -2.47. The highest BCUT2D eigenvalue weighted by molar-refractivity contribution is 6.30. The SMILES string of the molecule is CC(=O)N(c1ccc(Cl)cc1)C1CC(C)N(C(=O)c2ccc(OCCCN3CCOCC3)cc2)c2ccccc21. The number of halogens is 1. The number of carbonyl (C=O) groups is 2. The first-order chi connectivity index (χ1) is 19.4. The van der Waals surface area contributed by atoms with Gasteiger partial charge in [0.15, 0.2) is 0 Å². The van der Waals surface area contributed by atoms with E-state index in [0.717, 1.165) is 62.0 Å². The van der Waals surface area contributed by atoms with Crippen molar-refractivity contribution < 1.29 is 19.1 Å². The lowest BCUT2D eigenvalue weighted by molar-refractivity contribution is -0.117. The van der Waals surface area contributed by atoms with Crippen molar-refractivity contribution in [1.29, 1.82) is 0 Å². The van der Waals surface area contributed by atoms with E-state index >= 15 is 0 Å². The van der Waals surface area contributed by atoms with Crippen LogP contribution in [0.5, 0.6) is 5.75 Å². The Morgan fingerprint density at radius 1 is 1.00 bits per heavy atom. The van der Waals surface area contributed by atoms with E-state index in [4.69, 9.17) is 21.1 Å². The molecule has 2 atom stereocenters. The highest BCUT2D eigenvalue weighted by Crippen LogP contribution is 2.43. The lowest BCUT2D eigenvalue weighted by Gasteiger charge is -2.43. The van der Waals surface area contributed by atoms with E-state index in [2.05, 4.69) is 4.90 Å². The fraction of sp³-hybridized carbons (Fsp3) is 0.375. The van der Waals surface area contributed by atoms with Gasteiger partial charge in [0.25, 0.3) is 5.91 Å². The molecule has 3 aromatic carbocycles. The van der Waals surface area contributed by atoms with Gasteiger partial charge in [0, 0.05) is 54.6 Å². The van der Waals surface area contributed by atoms with Crippen LogP contribution in [0.1, 0.15) is 48.7 Å². The molecule has 0 radical (unpaired) electrons. The standard InChI is InChI=1S/C32H36ClN3O4/c1-23-22-31(36(24(2)37)27-12-10-26(33)11-13-27)29-6-3-4-7-30(29)35(23)32(38)25-8-14-28(15-9-25)40-19-5-16-34-17-20-39-21-18-34/h3-4,6-15,23,31H,5,16-22H2,1-2H3. The number of fused-ring (bicyclic) bond motifs is 1. The molecule has 40 heavy (non-hydrogen) atoms. The predicted molar refractivity (Wildman–Crippen MR) is 158 cm³/mol. The second-order valence-electron chi connectivity index (χ2n) is 10.4. The molecule has 7 nitrogen and oxygen atoms in total. The summed E-state index contributed by atoms with van der Waals surface area (Å²) in [4.78, 5) is 32.7. The average Bonchev–Trinajstić information content (AvgIpc) is 2.97. The lowest BCUT2D eigenvalue weighted by atomic mass is 9.89. The Balaban J connectivity index is 1.30. The van der Waals surface area contributed by atoms with Gasteiger partial charge in [-0.05, 0) is 79.9 Å². The van der Waals surface area contributed by atoms with Crippen LogP contribution in [0.15, 0.2) is 72.8 Å². The molecule has 0 N–H and O–H groups in total. The number of amides is 2. The van der Waals surface area contributed by atoms with Gasteiger partial charge >= 0.3 is 0 Å². The molecule has 2 aliphatic rings. The third-order valence-electron chi connectivity index (χ3n) is 7.63. The molecule has 8 heteroatoms. The summed E-state index contributed by atoms with van der Waals surface area (Å²) >= 11 is 6.11. The summed E-state index contributed by atoms with van der Waals surface area (Å²) in [6.07, 6.45) is 1.55. The van der Waals surface area contributed by atoms with Gasteiger partial charge < -0.3 is 19.3 Å². The Morgan fingerprint density at radius 3 is 2.40 bits per heavy atom. The molecule has 0 bridgehead atoms. The molecule has 2 aliphatic heterocycles. The van der Waals surface area contributed by atoms with Gasteiger partial charge in [-0.1, -0.05) is 29.8 Å². The Labute approximate surface area is 241 Å². The zero-order valence-corrected chi connectivity index (χ0v) is 23.8. The first-order valence-electron chi connectivity index (χ1n) is 13.9. The predicted octanol–water partition coefficient (Wildman–Crippen LogP) is 5.97. The minimum absolute atomic E-state index is 0.0605. The molecule has 5 rings (SSSR count). The van der Waals surface area contributed by atoms with Gasteiger partial charge in [-0.15, -0.1) is 0 Å². The Kier molecular flexibility index (Phi) is 9.04. The second-order valence-corrected chi connectivity index (χ2v) is 10.8. The van der Waals surface area contributed by atoms with Crippen LogP contribution >= 0.6 is 11.6 Å². The van der Waals surface area contributed by atoms with E-state index < -0.39 is 0 Å². The summed E-state index contributed by atoms with van der Waals surface area (Å²) < 4.78 is 11.3. The quantitative estimate of drug-likeness (QED) is 0.317. The Hall–Kier alpha value is -3.39. The van der Waals surface area contributed by atoms with Crippen molar-refractivity contribution in [3.05, 3.63) is 88.9 Å². The highest BCUT2D eigenvalue weighted by atomic mass is 35.5. The van der Waals surface area contributed by atoms with Crippen LogP contribution in [0.3, 0.4) is 0 Å². The maximum Gasteiger partial charge on any atom is 0.258 e. The van der Waals surface area contributed by atoms with E-state index in [9.17, 15) is 9.59 Å². The van der Waals surface area contributed by atoms with Crippen molar-refractivity contribution in [2.24, 2.45) is 0 Å². The fourth-order valence-corrected chi connectivity index (χ4v) is 5.78. The second kappa shape index (κ2) is 12.9. The summed E-state index contributed by atoms with van der Waals surface area (Å²) in [7, 11) is 0. The van der Waals surface area contributed by atoms with Gasteiger partial charge in [-0.2, -0.15) is 0 Å². The number of morpholine rings is 1. The molecule has 0 aliphatic carbocycles. The Bertz CT molecular complexity index is 1310. The van der Waals surface area contributed by atoms with E-state index in [1.54, 1.807) is 24.0 Å². The van der Waals surface area contributed by atoms with Crippen LogP contribution in [0, 0.1) is 0 Å². The Morgan fingerprint density at radius 2 is 1.70 bits per heavy atom. The molecular weight excluding hydrogens is 526 g/mol. The molecule has 1 saturated heterocycles. The van der Waals surface area contributed by atoms with E-state index in [0.29, 0.717) is 23.6 Å². The van der Waals surface area contributed by atoms with Gasteiger partial charge in [0.1, 0.15) is 5.75 Å². The first-order valence-corrected chi connectivity index (χ1v) is 14.3. The van der Waals surface area contributed by atoms with Crippen LogP contribution in [-0.2, 0) is 9.53 Å². The van der Waals surface area contributed by atoms with Crippen molar-refractivity contribution in [2.45, 2.75) is 38.8 Å². The largest absolute Gasteiger partial charge is 0.494 e. The van der Waals surface area contributed by atoms with Crippen molar-refractivity contribution in [1.82, 2.24) is 4.90 Å². The monoisotopic (exact) mass is 561 g/mol. The smallest absolute Gasteiger partial charge is 0.258 e. The summed E-state index contributed by atoms with van der Waals surface area (Å²) in [5, 5.41) is 0.617. The number of ether oxygens (including phenoxy) is 2. The first kappa shape index (κ1) is 28.1. The number of benzene rings is 3. The summed E-state index contributed by atoms with van der Waals surface area (Å²) in [6, 6.07) is 22.2. The molecular formula is C32H36ClN3O4. The van der Waals surface area contributed by atoms with Crippen molar-refractivity contribution in [2.75, 3.05) is 49.3 Å². The molecule has 1 fully saturated rings. The normalized spacial score (nSPS) is 19.1. The number of rotatable bonds is 8. The zero-order chi connectivity index (χ0) is 28.1. The third kappa shape index (κ3) is 6.33. The molecule has 0 aromatic heterocycles. The van der Waals surface area contributed by atoms with Gasteiger partial charge in [0.05, 0.1) is 25.9 Å². The van der Waals surface area contributed by atoms with Crippen LogP contribution in [0.4, 0.5) is 11.4 Å². The van der Waals surface area contributed by atoms with E-state index in [-0.39, 0.29) is 23.9 Å². The molecule has 2 unspecified atom stereocenters. The third-order valence-corrected chi connectivity index (χ3v) is 7.88. The molecule has 3 aromatic rings. The summed E-state index contributed by atoms with van der Waals surface area (Å²) in [6.45, 7) is 8.78. The molecule has 2 amide bonds. The molecule has 0 saturated carbocycles. The number of nitrogens with zero attached hydrogens (tertiary/aromatic N) is 3. The van der Waals surface area contributed by atoms with Crippen LogP contribution in [0.25, 0.3) is 0 Å². The van der Waals surface area contributed by atoms with Crippen molar-refractivity contribution in [3.8, 4) is 5.75 Å². The topological polar surface area (TPSA) is 62.3 Å². The maximum absolute atomic E-state index is 13.8. The summed E-state index contributed by atoms with van der Waals surface area (Å²) in [5.74, 6) is 0.624. The minimum atomic E-state index is -0.206. The van der Waals surface area contributed by atoms with E-state index in [1.165, 1.54) is 0 Å². The van der Waals surface area contributed by atoms with Crippen LogP contribution in [0.2, 0.25) is 5.02 Å². The summed E-state index contributed by atoms with van der Waals surface area (Å²) in [5.41, 5.74) is 3.14. The van der Waals surface area contributed by atoms with Crippen molar-refractivity contribution in [3.63, 3.8) is 0 Å². The van der Waals surface area contributed by atoms with Gasteiger partial charge in [-0.3, -0.25) is 14.5 Å². The van der Waals surface area contributed by atoms with Gasteiger partial charge in [-0.25, -0.2) is 0 Å². The highest BCUT2D eigenvalue weighted by Gasteiger charge is 2.38. The number of carbonyl (C=O) groups excluding carboxylic acids is 2. The fourth-order valence-electron chi connectivity index (χ4n) is 5.65.